The van der Waals surface area contributed by atoms with Crippen molar-refractivity contribution in [2.75, 3.05) is 5.43 Å². The van der Waals surface area contributed by atoms with E-state index in [-0.39, 0.29) is 0 Å². The highest BCUT2D eigenvalue weighted by Gasteiger charge is 2.07. The van der Waals surface area contributed by atoms with Crippen LogP contribution in [0.25, 0.3) is 32.6 Å². The molecule has 0 atom stereocenters. The van der Waals surface area contributed by atoms with Crippen molar-refractivity contribution in [1.82, 2.24) is 4.98 Å². The summed E-state index contributed by atoms with van der Waals surface area (Å²) in [6.07, 6.45) is 1.88. The zero-order valence-electron chi connectivity index (χ0n) is 14.6. The Morgan fingerprint density at radius 2 is 1.22 bits per heavy atom. The molecule has 3 nitrogen and oxygen atoms in total. The van der Waals surface area contributed by atoms with E-state index in [2.05, 4.69) is 65.1 Å². The first-order valence-corrected chi connectivity index (χ1v) is 8.94. The van der Waals surface area contributed by atoms with Gasteiger partial charge in [0.05, 0.1) is 22.9 Å². The normalized spacial score (nSPS) is 11.6. The van der Waals surface area contributed by atoms with Crippen LogP contribution in [0.2, 0.25) is 0 Å². The number of benzene rings is 4. The van der Waals surface area contributed by atoms with Gasteiger partial charge in [0.25, 0.3) is 0 Å². The quantitative estimate of drug-likeness (QED) is 0.247. The molecule has 5 rings (SSSR count). The minimum atomic E-state index is 0.957. The van der Waals surface area contributed by atoms with Gasteiger partial charge in [-0.05, 0) is 22.9 Å². The average molecular weight is 347 g/mol. The molecular formula is C24H17N3. The second-order valence-electron chi connectivity index (χ2n) is 6.46. The molecule has 3 heteroatoms. The number of nitrogens with zero attached hydrogens (tertiary/aromatic N) is 2. The second kappa shape index (κ2) is 6.54. The van der Waals surface area contributed by atoms with Crippen LogP contribution < -0.4 is 5.43 Å². The smallest absolute Gasteiger partial charge is 0.0749 e. The van der Waals surface area contributed by atoms with Gasteiger partial charge in [-0.15, -0.1) is 0 Å². The van der Waals surface area contributed by atoms with Gasteiger partial charge in [-0.25, -0.2) is 4.98 Å². The first-order valence-electron chi connectivity index (χ1n) is 8.94. The maximum Gasteiger partial charge on any atom is 0.0749 e. The van der Waals surface area contributed by atoms with Crippen LogP contribution in [-0.2, 0) is 0 Å². The van der Waals surface area contributed by atoms with Crippen LogP contribution in [0.4, 0.5) is 5.69 Å². The van der Waals surface area contributed by atoms with E-state index < -0.39 is 0 Å². The first kappa shape index (κ1) is 15.5. The Bertz CT molecular complexity index is 1250. The van der Waals surface area contributed by atoms with Crippen molar-refractivity contribution in [3.05, 3.63) is 96.6 Å². The van der Waals surface area contributed by atoms with Gasteiger partial charge in [0.15, 0.2) is 0 Å². The highest BCUT2D eigenvalue weighted by Crippen LogP contribution is 2.30. The maximum atomic E-state index is 4.75. The standard InChI is InChI=1S/C24H17N3/c1-2-11-19-17(8-1)9-7-10-18(19)16-25-27-24-20-12-3-5-14-22(20)26-23-15-6-4-13-21(23)24/h1-16H,(H,26,27)/b25-16+. The van der Waals surface area contributed by atoms with Crippen LogP contribution in [0.5, 0.6) is 0 Å². The number of rotatable bonds is 3. The summed E-state index contributed by atoms with van der Waals surface area (Å²) in [7, 11) is 0. The number of hydrazone groups is 1. The van der Waals surface area contributed by atoms with Crippen molar-refractivity contribution in [3.8, 4) is 0 Å². The molecule has 0 radical (unpaired) electrons. The van der Waals surface area contributed by atoms with E-state index in [4.69, 9.17) is 4.98 Å². The summed E-state index contributed by atoms with van der Waals surface area (Å²) < 4.78 is 0. The van der Waals surface area contributed by atoms with Gasteiger partial charge in [-0.3, -0.25) is 5.43 Å². The third-order valence-electron chi connectivity index (χ3n) is 4.79. The van der Waals surface area contributed by atoms with Crippen molar-refractivity contribution < 1.29 is 0 Å². The minimum Gasteiger partial charge on any atom is -0.277 e. The van der Waals surface area contributed by atoms with E-state index in [1.165, 1.54) is 10.8 Å². The van der Waals surface area contributed by atoms with Gasteiger partial charge >= 0.3 is 0 Å². The zero-order valence-corrected chi connectivity index (χ0v) is 14.6. The molecule has 4 aromatic carbocycles. The third-order valence-corrected chi connectivity index (χ3v) is 4.79. The summed E-state index contributed by atoms with van der Waals surface area (Å²) in [6, 6.07) is 30.9. The summed E-state index contributed by atoms with van der Waals surface area (Å²) >= 11 is 0. The van der Waals surface area contributed by atoms with Crippen LogP contribution in [0.1, 0.15) is 5.56 Å². The third kappa shape index (κ3) is 2.79. The molecule has 0 spiro atoms. The van der Waals surface area contributed by atoms with Crippen LogP contribution in [0.15, 0.2) is 96.1 Å². The molecule has 0 aliphatic rings. The average Bonchev–Trinajstić information content (AvgIpc) is 2.73. The Morgan fingerprint density at radius 1 is 0.630 bits per heavy atom. The Morgan fingerprint density at radius 3 is 1.96 bits per heavy atom. The monoisotopic (exact) mass is 347 g/mol. The number of fused-ring (bicyclic) bond motifs is 3. The van der Waals surface area contributed by atoms with Crippen molar-refractivity contribution in [3.63, 3.8) is 0 Å². The number of hydrogen-bond acceptors (Lipinski definition) is 3. The van der Waals surface area contributed by atoms with Gasteiger partial charge in [0, 0.05) is 16.3 Å². The molecule has 1 aromatic heterocycles. The lowest BCUT2D eigenvalue weighted by molar-refractivity contribution is 1.37. The summed E-state index contributed by atoms with van der Waals surface area (Å²) in [5, 5.41) is 9.08. The van der Waals surface area contributed by atoms with Crippen molar-refractivity contribution in [2.45, 2.75) is 0 Å². The van der Waals surface area contributed by atoms with Gasteiger partial charge in [-0.2, -0.15) is 5.10 Å². The highest BCUT2D eigenvalue weighted by molar-refractivity contribution is 6.07. The molecule has 5 aromatic rings. The molecule has 0 bridgehead atoms. The van der Waals surface area contributed by atoms with Crippen LogP contribution in [0.3, 0.4) is 0 Å². The van der Waals surface area contributed by atoms with Crippen molar-refractivity contribution in [2.24, 2.45) is 5.10 Å². The molecule has 0 fully saturated rings. The van der Waals surface area contributed by atoms with Crippen LogP contribution in [0, 0.1) is 0 Å². The summed E-state index contributed by atoms with van der Waals surface area (Å²) in [5.41, 5.74) is 7.25. The van der Waals surface area contributed by atoms with E-state index in [1.807, 2.05) is 42.6 Å². The minimum absolute atomic E-state index is 0.957. The number of anilines is 1. The van der Waals surface area contributed by atoms with E-state index in [9.17, 15) is 0 Å². The zero-order chi connectivity index (χ0) is 18.1. The fourth-order valence-corrected chi connectivity index (χ4v) is 3.49. The van der Waals surface area contributed by atoms with Crippen molar-refractivity contribution in [1.29, 1.82) is 0 Å². The van der Waals surface area contributed by atoms with Crippen LogP contribution in [-0.4, -0.2) is 11.2 Å². The lowest BCUT2D eigenvalue weighted by atomic mass is 10.1. The van der Waals surface area contributed by atoms with Gasteiger partial charge < -0.3 is 0 Å². The van der Waals surface area contributed by atoms with Crippen LogP contribution >= 0.6 is 0 Å². The lowest BCUT2D eigenvalue weighted by Crippen LogP contribution is -1.95. The molecule has 1 N–H and O–H groups in total. The number of para-hydroxylation sites is 2. The lowest BCUT2D eigenvalue weighted by Gasteiger charge is -2.10. The van der Waals surface area contributed by atoms with E-state index in [0.717, 1.165) is 33.1 Å². The van der Waals surface area contributed by atoms with Crippen molar-refractivity contribution >= 4 is 44.5 Å². The molecule has 27 heavy (non-hydrogen) atoms. The SMILES string of the molecule is C(=N\Nc1c2ccccc2nc2ccccc12)/c1cccc2ccccc12. The largest absolute Gasteiger partial charge is 0.277 e. The molecule has 0 saturated heterocycles. The summed E-state index contributed by atoms with van der Waals surface area (Å²) in [4.78, 5) is 4.75. The molecule has 0 unspecified atom stereocenters. The molecule has 0 amide bonds. The number of pyridine rings is 1. The molecule has 0 aliphatic carbocycles. The highest BCUT2D eigenvalue weighted by atomic mass is 15.3. The Balaban J connectivity index is 1.60. The topological polar surface area (TPSA) is 37.3 Å². The Hall–Kier alpha value is -3.72. The molecule has 1 heterocycles. The van der Waals surface area contributed by atoms with E-state index in [0.29, 0.717) is 0 Å². The fourth-order valence-electron chi connectivity index (χ4n) is 3.49. The van der Waals surface area contributed by atoms with E-state index >= 15 is 0 Å². The molecular weight excluding hydrogens is 330 g/mol. The van der Waals surface area contributed by atoms with Gasteiger partial charge in [0.2, 0.25) is 0 Å². The number of nitrogens with one attached hydrogen (secondary N) is 1. The Kier molecular flexibility index (Phi) is 3.76. The predicted octanol–water partition coefficient (Wildman–Crippen LogP) is 5.99. The molecule has 0 aliphatic heterocycles. The van der Waals surface area contributed by atoms with E-state index in [1.54, 1.807) is 0 Å². The predicted molar refractivity (Wildman–Crippen MR) is 114 cm³/mol. The first-order chi connectivity index (χ1) is 13.4. The number of aromatic nitrogens is 1. The second-order valence-corrected chi connectivity index (χ2v) is 6.46. The Labute approximate surface area is 157 Å². The maximum absolute atomic E-state index is 4.75. The molecule has 0 saturated carbocycles. The van der Waals surface area contributed by atoms with Gasteiger partial charge in [0.1, 0.15) is 0 Å². The summed E-state index contributed by atoms with van der Waals surface area (Å²) in [6.45, 7) is 0. The molecule has 128 valence electrons. The number of hydrogen-bond donors (Lipinski definition) is 1. The van der Waals surface area contributed by atoms with Gasteiger partial charge in [-0.1, -0.05) is 78.9 Å². The fraction of sp³-hybridized carbons (Fsp3) is 0. The summed E-state index contributed by atoms with van der Waals surface area (Å²) in [5.74, 6) is 0.